The van der Waals surface area contributed by atoms with Crippen LogP contribution in [0.4, 0.5) is 10.1 Å². The maximum Gasteiger partial charge on any atom is 0.259 e. The molecule has 0 spiro atoms. The van der Waals surface area contributed by atoms with Gasteiger partial charge in [0.15, 0.2) is 0 Å². The standard InChI is InChI=1S/C14H13FN4O/c15-11-4-6-12(7-5-11)17-10-14(20)19-18-9-13-3-1-2-8-16-13/h1-9,17H,10H2,(H,19,20)/b18-9-. The molecule has 0 atom stereocenters. The molecule has 2 rings (SSSR count). The molecule has 0 radical (unpaired) electrons. The molecule has 0 aliphatic rings. The fourth-order valence-electron chi connectivity index (χ4n) is 1.41. The van der Waals surface area contributed by atoms with Crippen LogP contribution in [0.2, 0.25) is 0 Å². The lowest BCUT2D eigenvalue weighted by Crippen LogP contribution is -2.25. The third-order valence-electron chi connectivity index (χ3n) is 2.37. The van der Waals surface area contributed by atoms with Gasteiger partial charge in [0.2, 0.25) is 0 Å². The lowest BCUT2D eigenvalue weighted by atomic mass is 10.3. The lowest BCUT2D eigenvalue weighted by molar-refractivity contribution is -0.119. The van der Waals surface area contributed by atoms with Gasteiger partial charge in [-0.15, -0.1) is 0 Å². The van der Waals surface area contributed by atoms with Crippen molar-refractivity contribution in [1.29, 1.82) is 0 Å². The molecular formula is C14H13FN4O. The maximum atomic E-state index is 12.7. The average molecular weight is 272 g/mol. The number of hydrogen-bond acceptors (Lipinski definition) is 4. The molecule has 0 saturated carbocycles. The number of amides is 1. The Morgan fingerprint density at radius 3 is 2.75 bits per heavy atom. The van der Waals surface area contributed by atoms with Gasteiger partial charge in [0.05, 0.1) is 18.5 Å². The van der Waals surface area contributed by atoms with E-state index in [0.29, 0.717) is 11.4 Å². The van der Waals surface area contributed by atoms with Crippen molar-refractivity contribution in [3.63, 3.8) is 0 Å². The zero-order valence-corrected chi connectivity index (χ0v) is 10.6. The molecule has 2 aromatic rings. The minimum absolute atomic E-state index is 0.0468. The highest BCUT2D eigenvalue weighted by Crippen LogP contribution is 2.07. The van der Waals surface area contributed by atoms with Crippen LogP contribution in [-0.2, 0) is 4.79 Å². The highest BCUT2D eigenvalue weighted by molar-refractivity contribution is 5.83. The molecule has 0 saturated heterocycles. The predicted octanol–water partition coefficient (Wildman–Crippen LogP) is 1.78. The molecule has 0 aliphatic carbocycles. The zero-order valence-electron chi connectivity index (χ0n) is 10.6. The van der Waals surface area contributed by atoms with Crippen LogP contribution in [-0.4, -0.2) is 23.7 Å². The molecule has 6 heteroatoms. The maximum absolute atomic E-state index is 12.7. The smallest absolute Gasteiger partial charge is 0.259 e. The Morgan fingerprint density at radius 2 is 2.05 bits per heavy atom. The van der Waals surface area contributed by atoms with Crippen LogP contribution in [0.15, 0.2) is 53.8 Å². The third-order valence-corrected chi connectivity index (χ3v) is 2.37. The van der Waals surface area contributed by atoms with E-state index < -0.39 is 0 Å². The van der Waals surface area contributed by atoms with E-state index in [1.807, 2.05) is 6.07 Å². The first-order valence-corrected chi connectivity index (χ1v) is 5.96. The van der Waals surface area contributed by atoms with Crippen molar-refractivity contribution in [3.8, 4) is 0 Å². The van der Waals surface area contributed by atoms with E-state index in [1.165, 1.54) is 18.3 Å². The van der Waals surface area contributed by atoms with Crippen molar-refractivity contribution in [3.05, 3.63) is 60.2 Å². The fourth-order valence-corrected chi connectivity index (χ4v) is 1.41. The molecule has 0 aliphatic heterocycles. The van der Waals surface area contributed by atoms with Gasteiger partial charge in [-0.1, -0.05) is 6.07 Å². The number of nitrogens with zero attached hydrogens (tertiary/aromatic N) is 2. The number of carbonyl (C=O) groups excluding carboxylic acids is 1. The molecule has 1 aromatic heterocycles. The van der Waals surface area contributed by atoms with Crippen LogP contribution in [0.5, 0.6) is 0 Å². The van der Waals surface area contributed by atoms with Crippen molar-refractivity contribution in [2.24, 2.45) is 5.10 Å². The van der Waals surface area contributed by atoms with Crippen molar-refractivity contribution >= 4 is 17.8 Å². The summed E-state index contributed by atoms with van der Waals surface area (Å²) >= 11 is 0. The Bertz CT molecular complexity index is 584. The summed E-state index contributed by atoms with van der Waals surface area (Å²) in [7, 11) is 0. The van der Waals surface area contributed by atoms with Crippen molar-refractivity contribution < 1.29 is 9.18 Å². The molecule has 0 bridgehead atoms. The van der Waals surface area contributed by atoms with Crippen LogP contribution < -0.4 is 10.7 Å². The van der Waals surface area contributed by atoms with Gasteiger partial charge in [-0.2, -0.15) is 5.10 Å². The van der Waals surface area contributed by atoms with Gasteiger partial charge in [-0.05, 0) is 36.4 Å². The van der Waals surface area contributed by atoms with E-state index in [0.717, 1.165) is 0 Å². The van der Waals surface area contributed by atoms with Crippen molar-refractivity contribution in [2.75, 3.05) is 11.9 Å². The molecule has 1 aromatic carbocycles. The first-order valence-electron chi connectivity index (χ1n) is 5.96. The summed E-state index contributed by atoms with van der Waals surface area (Å²) < 4.78 is 12.7. The van der Waals surface area contributed by atoms with Crippen LogP contribution in [0.25, 0.3) is 0 Å². The number of benzene rings is 1. The Hall–Kier alpha value is -2.76. The molecule has 1 amide bonds. The molecule has 102 valence electrons. The van der Waals surface area contributed by atoms with E-state index in [4.69, 9.17) is 0 Å². The second kappa shape index (κ2) is 6.98. The molecule has 0 fully saturated rings. The minimum Gasteiger partial charge on any atom is -0.376 e. The number of aromatic nitrogens is 1. The summed E-state index contributed by atoms with van der Waals surface area (Å²) in [5, 5.41) is 6.63. The second-order valence-corrected chi connectivity index (χ2v) is 3.91. The Balaban J connectivity index is 1.76. The highest BCUT2D eigenvalue weighted by Gasteiger charge is 1.99. The quantitative estimate of drug-likeness (QED) is 0.644. The summed E-state index contributed by atoms with van der Waals surface area (Å²) in [4.78, 5) is 15.5. The van der Waals surface area contributed by atoms with Crippen LogP contribution in [0, 0.1) is 5.82 Å². The van der Waals surface area contributed by atoms with E-state index in [1.54, 1.807) is 30.5 Å². The van der Waals surface area contributed by atoms with Gasteiger partial charge in [-0.3, -0.25) is 9.78 Å². The number of carbonyl (C=O) groups is 1. The molecule has 2 N–H and O–H groups in total. The zero-order chi connectivity index (χ0) is 14.2. The molecular weight excluding hydrogens is 259 g/mol. The topological polar surface area (TPSA) is 66.4 Å². The molecule has 20 heavy (non-hydrogen) atoms. The first kappa shape index (κ1) is 13.7. The Labute approximate surface area is 115 Å². The van der Waals surface area contributed by atoms with Gasteiger partial charge in [0, 0.05) is 11.9 Å². The number of hydrogen-bond donors (Lipinski definition) is 2. The summed E-state index contributed by atoms with van der Waals surface area (Å²) in [6.07, 6.45) is 3.09. The van der Waals surface area contributed by atoms with Crippen LogP contribution in [0.3, 0.4) is 0 Å². The predicted molar refractivity (Wildman–Crippen MR) is 74.9 cm³/mol. The summed E-state index contributed by atoms with van der Waals surface area (Å²) in [5.41, 5.74) is 3.68. The van der Waals surface area contributed by atoms with Crippen LogP contribution in [0.1, 0.15) is 5.69 Å². The van der Waals surface area contributed by atoms with E-state index >= 15 is 0 Å². The third kappa shape index (κ3) is 4.49. The van der Waals surface area contributed by atoms with E-state index in [2.05, 4.69) is 20.8 Å². The monoisotopic (exact) mass is 272 g/mol. The Morgan fingerprint density at radius 1 is 1.25 bits per heavy atom. The summed E-state index contributed by atoms with van der Waals surface area (Å²) in [6, 6.07) is 11.1. The first-order chi connectivity index (χ1) is 9.74. The number of anilines is 1. The van der Waals surface area contributed by atoms with Gasteiger partial charge in [-0.25, -0.2) is 9.82 Å². The molecule has 1 heterocycles. The lowest BCUT2D eigenvalue weighted by Gasteiger charge is -2.04. The van der Waals surface area contributed by atoms with Crippen LogP contribution >= 0.6 is 0 Å². The van der Waals surface area contributed by atoms with Gasteiger partial charge < -0.3 is 5.32 Å². The van der Waals surface area contributed by atoms with E-state index in [9.17, 15) is 9.18 Å². The van der Waals surface area contributed by atoms with Gasteiger partial charge in [0.25, 0.3) is 5.91 Å². The minimum atomic E-state index is -0.319. The highest BCUT2D eigenvalue weighted by atomic mass is 19.1. The largest absolute Gasteiger partial charge is 0.376 e. The fraction of sp³-hybridized carbons (Fsp3) is 0.0714. The SMILES string of the molecule is O=C(CNc1ccc(F)cc1)N/N=C\c1ccccn1. The Kier molecular flexibility index (Phi) is 4.77. The van der Waals surface area contributed by atoms with E-state index in [-0.39, 0.29) is 18.3 Å². The number of nitrogens with one attached hydrogen (secondary N) is 2. The van der Waals surface area contributed by atoms with Gasteiger partial charge >= 0.3 is 0 Å². The number of pyridine rings is 1. The number of rotatable bonds is 5. The second-order valence-electron chi connectivity index (χ2n) is 3.91. The summed E-state index contributed by atoms with van der Waals surface area (Å²) in [6.45, 7) is 0.0468. The average Bonchev–Trinajstić information content (AvgIpc) is 2.48. The van der Waals surface area contributed by atoms with Crippen molar-refractivity contribution in [1.82, 2.24) is 10.4 Å². The van der Waals surface area contributed by atoms with Gasteiger partial charge in [0.1, 0.15) is 5.82 Å². The normalized spacial score (nSPS) is 10.4. The summed E-state index contributed by atoms with van der Waals surface area (Å²) in [5.74, 6) is -0.624. The molecule has 0 unspecified atom stereocenters. The van der Waals surface area contributed by atoms with Crippen molar-refractivity contribution in [2.45, 2.75) is 0 Å². The molecule has 5 nitrogen and oxygen atoms in total. The number of hydrazone groups is 1. The number of halogens is 1.